The van der Waals surface area contributed by atoms with Crippen LogP contribution in [0.4, 0.5) is 0 Å². The van der Waals surface area contributed by atoms with E-state index in [4.69, 9.17) is 5.73 Å². The van der Waals surface area contributed by atoms with Crippen molar-refractivity contribution < 1.29 is 4.79 Å². The van der Waals surface area contributed by atoms with Crippen LogP contribution in [0.3, 0.4) is 0 Å². The third-order valence-corrected chi connectivity index (χ3v) is 5.96. The summed E-state index contributed by atoms with van der Waals surface area (Å²) in [4.78, 5) is 17.4. The minimum Gasteiger partial charge on any atom is -0.342 e. The van der Waals surface area contributed by atoms with E-state index in [2.05, 4.69) is 61.0 Å². The standard InChI is InChI=1S/C21H35N3O.2ClH/c1-4-21(5-2,17-22)20(25)24-13-11-19(12-14-24)16-23(3)15-18-9-7-6-8-10-18;;/h6-10,19H,4-5,11-17,22H2,1-3H3;2*1H. The summed E-state index contributed by atoms with van der Waals surface area (Å²) >= 11 is 0. The summed E-state index contributed by atoms with van der Waals surface area (Å²) in [5.74, 6) is 0.949. The summed E-state index contributed by atoms with van der Waals surface area (Å²) in [6.45, 7) is 8.47. The Hall–Kier alpha value is -0.810. The maximum absolute atomic E-state index is 12.9. The average Bonchev–Trinajstić information content (AvgIpc) is 2.65. The fraction of sp³-hybridized carbons (Fsp3) is 0.667. The van der Waals surface area contributed by atoms with Crippen LogP contribution in [0, 0.1) is 11.3 Å². The first-order chi connectivity index (χ1) is 12.0. The highest BCUT2D eigenvalue weighted by Crippen LogP contribution is 2.30. The van der Waals surface area contributed by atoms with E-state index in [9.17, 15) is 4.79 Å². The molecule has 2 rings (SSSR count). The molecule has 0 saturated carbocycles. The van der Waals surface area contributed by atoms with Gasteiger partial charge in [-0.05, 0) is 44.2 Å². The number of carbonyl (C=O) groups is 1. The molecule has 0 aliphatic carbocycles. The molecule has 1 saturated heterocycles. The Labute approximate surface area is 177 Å². The first kappa shape index (κ1) is 26.2. The number of carbonyl (C=O) groups excluding carboxylic acids is 1. The SMILES string of the molecule is CCC(CC)(CN)C(=O)N1CCC(CN(C)Cc2ccccc2)CC1.Cl.Cl. The highest BCUT2D eigenvalue weighted by Gasteiger charge is 2.38. The highest BCUT2D eigenvalue weighted by atomic mass is 35.5. The topological polar surface area (TPSA) is 49.6 Å². The summed E-state index contributed by atoms with van der Waals surface area (Å²) in [5, 5.41) is 0. The Bertz CT molecular complexity index is 521. The summed E-state index contributed by atoms with van der Waals surface area (Å²) < 4.78 is 0. The predicted molar refractivity (Wildman–Crippen MR) is 119 cm³/mol. The molecule has 0 atom stereocenters. The third kappa shape index (κ3) is 6.94. The predicted octanol–water partition coefficient (Wildman–Crippen LogP) is 3.97. The van der Waals surface area contributed by atoms with Gasteiger partial charge in [0.25, 0.3) is 0 Å². The maximum atomic E-state index is 12.9. The maximum Gasteiger partial charge on any atom is 0.230 e. The van der Waals surface area contributed by atoms with Gasteiger partial charge in [-0.2, -0.15) is 0 Å². The normalized spacial score (nSPS) is 15.2. The van der Waals surface area contributed by atoms with Crippen LogP contribution in [-0.4, -0.2) is 48.9 Å². The number of amides is 1. The van der Waals surface area contributed by atoms with Crippen LogP contribution < -0.4 is 5.73 Å². The minimum atomic E-state index is -0.350. The Morgan fingerprint density at radius 3 is 2.19 bits per heavy atom. The molecule has 27 heavy (non-hydrogen) atoms. The van der Waals surface area contributed by atoms with Gasteiger partial charge in [0.2, 0.25) is 5.91 Å². The van der Waals surface area contributed by atoms with Crippen molar-refractivity contribution in [3.05, 3.63) is 35.9 Å². The third-order valence-electron chi connectivity index (χ3n) is 5.96. The van der Waals surface area contributed by atoms with Gasteiger partial charge in [0.05, 0.1) is 5.41 Å². The molecule has 1 fully saturated rings. The lowest BCUT2D eigenvalue weighted by Crippen LogP contribution is -2.50. The van der Waals surface area contributed by atoms with Crippen molar-refractivity contribution in [3.8, 4) is 0 Å². The average molecular weight is 418 g/mol. The monoisotopic (exact) mass is 417 g/mol. The van der Waals surface area contributed by atoms with E-state index in [1.807, 2.05) is 0 Å². The highest BCUT2D eigenvalue weighted by molar-refractivity contribution is 5.85. The quantitative estimate of drug-likeness (QED) is 0.695. The number of nitrogens with zero attached hydrogens (tertiary/aromatic N) is 2. The Kier molecular flexibility index (Phi) is 12.2. The summed E-state index contributed by atoms with van der Waals surface area (Å²) in [6, 6.07) is 10.6. The van der Waals surface area contributed by atoms with Crippen LogP contribution in [0.25, 0.3) is 0 Å². The van der Waals surface area contributed by atoms with Crippen LogP contribution in [-0.2, 0) is 11.3 Å². The molecule has 0 bridgehead atoms. The first-order valence-corrected chi connectivity index (χ1v) is 9.76. The molecular weight excluding hydrogens is 381 g/mol. The molecule has 0 unspecified atom stereocenters. The molecule has 6 heteroatoms. The van der Waals surface area contributed by atoms with Gasteiger partial charge >= 0.3 is 0 Å². The number of halogens is 2. The van der Waals surface area contributed by atoms with Crippen molar-refractivity contribution >= 4 is 30.7 Å². The molecule has 1 aromatic rings. The summed E-state index contributed by atoms with van der Waals surface area (Å²) in [6.07, 6.45) is 3.86. The largest absolute Gasteiger partial charge is 0.342 e. The van der Waals surface area contributed by atoms with Crippen molar-refractivity contribution in [3.63, 3.8) is 0 Å². The van der Waals surface area contributed by atoms with Crippen LogP contribution >= 0.6 is 24.8 Å². The second kappa shape index (κ2) is 12.6. The van der Waals surface area contributed by atoms with Crippen molar-refractivity contribution in [1.82, 2.24) is 9.80 Å². The Balaban J connectivity index is 0.00000338. The number of hydrogen-bond donors (Lipinski definition) is 1. The van der Waals surface area contributed by atoms with E-state index in [1.165, 1.54) is 5.56 Å². The van der Waals surface area contributed by atoms with E-state index >= 15 is 0 Å². The zero-order valence-electron chi connectivity index (χ0n) is 17.0. The van der Waals surface area contributed by atoms with Crippen LogP contribution in [0.5, 0.6) is 0 Å². The molecule has 0 radical (unpaired) electrons. The fourth-order valence-electron chi connectivity index (χ4n) is 3.98. The molecule has 1 aromatic carbocycles. The fourth-order valence-corrected chi connectivity index (χ4v) is 3.98. The lowest BCUT2D eigenvalue weighted by Gasteiger charge is -2.39. The first-order valence-electron chi connectivity index (χ1n) is 9.76. The van der Waals surface area contributed by atoms with Gasteiger partial charge in [-0.25, -0.2) is 0 Å². The number of piperidine rings is 1. The molecule has 156 valence electrons. The second-order valence-electron chi connectivity index (χ2n) is 7.61. The van der Waals surface area contributed by atoms with Gasteiger partial charge in [0, 0.05) is 32.7 Å². The Morgan fingerprint density at radius 1 is 1.15 bits per heavy atom. The molecule has 1 amide bonds. The van der Waals surface area contributed by atoms with E-state index in [1.54, 1.807) is 0 Å². The van der Waals surface area contributed by atoms with Crippen molar-refractivity contribution in [2.75, 3.05) is 33.2 Å². The number of benzene rings is 1. The molecular formula is C21H37Cl2N3O. The Morgan fingerprint density at radius 2 is 1.70 bits per heavy atom. The minimum absolute atomic E-state index is 0. The number of rotatable bonds is 8. The van der Waals surface area contributed by atoms with E-state index in [0.29, 0.717) is 12.5 Å². The van der Waals surface area contributed by atoms with Crippen LogP contribution in [0.1, 0.15) is 45.1 Å². The molecule has 1 aliphatic rings. The molecule has 0 spiro atoms. The molecule has 2 N–H and O–H groups in total. The summed E-state index contributed by atoms with van der Waals surface area (Å²) in [5.41, 5.74) is 6.96. The molecule has 1 aliphatic heterocycles. The van der Waals surface area contributed by atoms with E-state index in [-0.39, 0.29) is 36.1 Å². The van der Waals surface area contributed by atoms with Gasteiger partial charge in [0.1, 0.15) is 0 Å². The number of nitrogens with two attached hydrogens (primary N) is 1. The van der Waals surface area contributed by atoms with Crippen LogP contribution in [0.15, 0.2) is 30.3 Å². The zero-order chi connectivity index (χ0) is 18.3. The zero-order valence-corrected chi connectivity index (χ0v) is 18.7. The van der Waals surface area contributed by atoms with Gasteiger partial charge in [-0.15, -0.1) is 24.8 Å². The second-order valence-corrected chi connectivity index (χ2v) is 7.61. The lowest BCUT2D eigenvalue weighted by molar-refractivity contribution is -0.143. The number of hydrogen-bond acceptors (Lipinski definition) is 3. The smallest absolute Gasteiger partial charge is 0.230 e. The van der Waals surface area contributed by atoms with Crippen molar-refractivity contribution in [1.29, 1.82) is 0 Å². The number of likely N-dealkylation sites (tertiary alicyclic amines) is 1. The van der Waals surface area contributed by atoms with E-state index in [0.717, 1.165) is 51.9 Å². The van der Waals surface area contributed by atoms with E-state index < -0.39 is 0 Å². The van der Waals surface area contributed by atoms with Crippen LogP contribution in [0.2, 0.25) is 0 Å². The van der Waals surface area contributed by atoms with Gasteiger partial charge < -0.3 is 15.5 Å². The van der Waals surface area contributed by atoms with Gasteiger partial charge in [0.15, 0.2) is 0 Å². The van der Waals surface area contributed by atoms with Crippen molar-refractivity contribution in [2.45, 2.75) is 46.1 Å². The molecule has 4 nitrogen and oxygen atoms in total. The van der Waals surface area contributed by atoms with Gasteiger partial charge in [-0.1, -0.05) is 44.2 Å². The van der Waals surface area contributed by atoms with Gasteiger partial charge in [-0.3, -0.25) is 4.79 Å². The molecule has 1 heterocycles. The molecule has 0 aromatic heterocycles. The van der Waals surface area contributed by atoms with Crippen molar-refractivity contribution in [2.24, 2.45) is 17.1 Å². The summed E-state index contributed by atoms with van der Waals surface area (Å²) in [7, 11) is 2.19. The lowest BCUT2D eigenvalue weighted by atomic mass is 9.80.